The standard InChI is InChI=1S/C30H26N4O4S2/c1-19(28(36)32-22-14-12-20(13-15-22)27(31)35)40-25-10-5-9-23(17-25)33-30(38)26(18-24-11-6-16-39-24)34-29(37)21-7-3-2-4-8-21/h2-19H,1H3,(H2,31,35)(H,32,36)(H,33,38)(H,34,37)/b26-18-. The molecule has 4 aromatic rings. The number of hydrogen-bond donors (Lipinski definition) is 4. The number of rotatable bonds is 10. The van der Waals surface area contributed by atoms with E-state index in [4.69, 9.17) is 5.73 Å². The van der Waals surface area contributed by atoms with Crippen molar-refractivity contribution < 1.29 is 19.2 Å². The summed E-state index contributed by atoms with van der Waals surface area (Å²) < 4.78 is 0. The molecule has 40 heavy (non-hydrogen) atoms. The molecule has 8 nitrogen and oxygen atoms in total. The first kappa shape index (κ1) is 28.3. The third kappa shape index (κ3) is 7.92. The van der Waals surface area contributed by atoms with Crippen LogP contribution in [0.2, 0.25) is 0 Å². The second-order valence-electron chi connectivity index (χ2n) is 8.57. The summed E-state index contributed by atoms with van der Waals surface area (Å²) in [4.78, 5) is 51.5. The number of hydrogen-bond acceptors (Lipinski definition) is 6. The number of nitrogens with two attached hydrogens (primary N) is 1. The first-order valence-corrected chi connectivity index (χ1v) is 13.9. The number of nitrogens with one attached hydrogen (secondary N) is 3. The molecular weight excluding hydrogens is 544 g/mol. The topological polar surface area (TPSA) is 130 Å². The van der Waals surface area contributed by atoms with Gasteiger partial charge in [0, 0.05) is 32.3 Å². The minimum Gasteiger partial charge on any atom is -0.366 e. The Kier molecular flexibility index (Phi) is 9.50. The van der Waals surface area contributed by atoms with Crippen LogP contribution in [0.15, 0.2) is 107 Å². The molecule has 4 amide bonds. The average molecular weight is 571 g/mol. The van der Waals surface area contributed by atoms with Crippen molar-refractivity contribution >= 4 is 64.2 Å². The van der Waals surface area contributed by atoms with Crippen LogP contribution in [0.1, 0.15) is 32.5 Å². The summed E-state index contributed by atoms with van der Waals surface area (Å²) in [5, 5.41) is 9.80. The molecule has 0 bridgehead atoms. The lowest BCUT2D eigenvalue weighted by Crippen LogP contribution is -2.30. The van der Waals surface area contributed by atoms with Crippen LogP contribution in [0.25, 0.3) is 6.08 Å². The lowest BCUT2D eigenvalue weighted by atomic mass is 10.2. The number of carbonyl (C=O) groups is 4. The molecule has 5 N–H and O–H groups in total. The highest BCUT2D eigenvalue weighted by atomic mass is 32.2. The molecule has 0 fully saturated rings. The van der Waals surface area contributed by atoms with Crippen LogP contribution in [-0.4, -0.2) is 28.9 Å². The summed E-state index contributed by atoms with van der Waals surface area (Å²) in [6.45, 7) is 1.77. The first-order valence-electron chi connectivity index (χ1n) is 12.2. The van der Waals surface area contributed by atoms with Gasteiger partial charge in [-0.15, -0.1) is 23.1 Å². The van der Waals surface area contributed by atoms with Crippen LogP contribution >= 0.6 is 23.1 Å². The van der Waals surface area contributed by atoms with Crippen LogP contribution in [0.5, 0.6) is 0 Å². The van der Waals surface area contributed by atoms with Crippen molar-refractivity contribution in [1.82, 2.24) is 5.32 Å². The largest absolute Gasteiger partial charge is 0.366 e. The van der Waals surface area contributed by atoms with Crippen LogP contribution < -0.4 is 21.7 Å². The number of primary amides is 1. The van der Waals surface area contributed by atoms with E-state index in [2.05, 4.69) is 16.0 Å². The molecule has 10 heteroatoms. The van der Waals surface area contributed by atoms with Gasteiger partial charge in [-0.3, -0.25) is 19.2 Å². The quantitative estimate of drug-likeness (QED) is 0.150. The van der Waals surface area contributed by atoms with Crippen LogP contribution in [0, 0.1) is 0 Å². The molecule has 0 saturated heterocycles. The van der Waals surface area contributed by atoms with Gasteiger partial charge in [0.15, 0.2) is 0 Å². The third-order valence-corrected chi connectivity index (χ3v) is 7.48. The monoisotopic (exact) mass is 570 g/mol. The first-order chi connectivity index (χ1) is 19.3. The van der Waals surface area contributed by atoms with E-state index in [0.29, 0.717) is 22.5 Å². The Hall–Kier alpha value is -4.67. The maximum absolute atomic E-state index is 13.2. The second kappa shape index (κ2) is 13.4. The van der Waals surface area contributed by atoms with Gasteiger partial charge in [0.25, 0.3) is 11.8 Å². The van der Waals surface area contributed by atoms with Gasteiger partial charge in [-0.25, -0.2) is 0 Å². The number of anilines is 2. The Balaban J connectivity index is 1.42. The molecule has 1 aromatic heterocycles. The van der Waals surface area contributed by atoms with Gasteiger partial charge in [0.1, 0.15) is 5.70 Å². The summed E-state index contributed by atoms with van der Waals surface area (Å²) in [6.07, 6.45) is 1.63. The molecule has 202 valence electrons. The molecule has 0 saturated carbocycles. The molecule has 1 heterocycles. The van der Waals surface area contributed by atoms with E-state index >= 15 is 0 Å². The smallest absolute Gasteiger partial charge is 0.272 e. The van der Waals surface area contributed by atoms with Gasteiger partial charge < -0.3 is 21.7 Å². The van der Waals surface area contributed by atoms with Gasteiger partial charge in [0.05, 0.1) is 5.25 Å². The zero-order valence-corrected chi connectivity index (χ0v) is 23.1. The molecule has 1 atom stereocenters. The maximum atomic E-state index is 13.2. The van der Waals surface area contributed by atoms with Gasteiger partial charge in [-0.2, -0.15) is 0 Å². The highest BCUT2D eigenvalue weighted by molar-refractivity contribution is 8.00. The van der Waals surface area contributed by atoms with E-state index in [1.165, 1.54) is 23.1 Å². The Labute approximate surface area is 239 Å². The van der Waals surface area contributed by atoms with Crippen molar-refractivity contribution in [2.24, 2.45) is 5.73 Å². The van der Waals surface area contributed by atoms with E-state index in [1.54, 1.807) is 79.7 Å². The molecule has 0 radical (unpaired) electrons. The fraction of sp³-hybridized carbons (Fsp3) is 0.0667. The number of carbonyl (C=O) groups excluding carboxylic acids is 4. The highest BCUT2D eigenvalue weighted by Gasteiger charge is 2.17. The zero-order valence-electron chi connectivity index (χ0n) is 21.4. The van der Waals surface area contributed by atoms with Crippen molar-refractivity contribution in [2.75, 3.05) is 10.6 Å². The number of benzene rings is 3. The van der Waals surface area contributed by atoms with E-state index < -0.39 is 23.0 Å². The Morgan fingerprint density at radius 1 is 0.825 bits per heavy atom. The number of thioether (sulfide) groups is 1. The van der Waals surface area contributed by atoms with Crippen LogP contribution in [-0.2, 0) is 9.59 Å². The SMILES string of the molecule is CC(Sc1cccc(NC(=O)/C(=C/c2cccs2)NC(=O)c2ccccc2)c1)C(=O)Nc1ccc(C(N)=O)cc1. The highest BCUT2D eigenvalue weighted by Crippen LogP contribution is 2.27. The van der Waals surface area contributed by atoms with Gasteiger partial charge in [-0.05, 0) is 79.0 Å². The van der Waals surface area contributed by atoms with Crippen molar-refractivity contribution in [1.29, 1.82) is 0 Å². The molecule has 0 aliphatic heterocycles. The van der Waals surface area contributed by atoms with Gasteiger partial charge in [-0.1, -0.05) is 30.3 Å². The maximum Gasteiger partial charge on any atom is 0.272 e. The van der Waals surface area contributed by atoms with Crippen molar-refractivity contribution in [3.63, 3.8) is 0 Å². The number of amides is 4. The molecule has 3 aromatic carbocycles. The summed E-state index contributed by atoms with van der Waals surface area (Å²) in [5.74, 6) is -1.64. The summed E-state index contributed by atoms with van der Waals surface area (Å²) in [5.41, 5.74) is 7.20. The lowest BCUT2D eigenvalue weighted by molar-refractivity contribution is -0.115. The predicted octanol–water partition coefficient (Wildman–Crippen LogP) is 5.38. The Morgan fingerprint density at radius 2 is 1.57 bits per heavy atom. The van der Waals surface area contributed by atoms with Crippen molar-refractivity contribution in [2.45, 2.75) is 17.1 Å². The minimum absolute atomic E-state index is 0.101. The van der Waals surface area contributed by atoms with Crippen LogP contribution in [0.3, 0.4) is 0 Å². The molecule has 0 spiro atoms. The molecule has 1 unspecified atom stereocenters. The Bertz CT molecular complexity index is 1540. The normalized spacial score (nSPS) is 11.8. The summed E-state index contributed by atoms with van der Waals surface area (Å²) >= 11 is 2.76. The van der Waals surface area contributed by atoms with Crippen molar-refractivity contribution in [3.8, 4) is 0 Å². The fourth-order valence-electron chi connectivity index (χ4n) is 3.52. The minimum atomic E-state index is -0.540. The zero-order chi connectivity index (χ0) is 28.5. The average Bonchev–Trinajstić information content (AvgIpc) is 3.47. The van der Waals surface area contributed by atoms with E-state index in [0.717, 1.165) is 9.77 Å². The molecule has 4 rings (SSSR count). The Morgan fingerprint density at radius 3 is 2.25 bits per heavy atom. The van der Waals surface area contributed by atoms with Crippen LogP contribution in [0.4, 0.5) is 11.4 Å². The van der Waals surface area contributed by atoms with E-state index in [1.807, 2.05) is 29.6 Å². The molecule has 0 aliphatic carbocycles. The summed E-state index contributed by atoms with van der Waals surface area (Å²) in [6, 6.07) is 25.8. The van der Waals surface area contributed by atoms with E-state index in [9.17, 15) is 19.2 Å². The molecular formula is C30H26N4O4S2. The third-order valence-electron chi connectivity index (χ3n) is 5.57. The number of thiophene rings is 1. The van der Waals surface area contributed by atoms with Gasteiger partial charge in [0.2, 0.25) is 11.8 Å². The fourth-order valence-corrected chi connectivity index (χ4v) is 5.11. The predicted molar refractivity (Wildman–Crippen MR) is 160 cm³/mol. The molecule has 0 aliphatic rings. The van der Waals surface area contributed by atoms with Gasteiger partial charge >= 0.3 is 0 Å². The van der Waals surface area contributed by atoms with E-state index in [-0.39, 0.29) is 11.6 Å². The summed E-state index contributed by atoms with van der Waals surface area (Å²) in [7, 11) is 0. The van der Waals surface area contributed by atoms with Crippen molar-refractivity contribution in [3.05, 3.63) is 118 Å². The lowest BCUT2D eigenvalue weighted by Gasteiger charge is -2.14. The second-order valence-corrected chi connectivity index (χ2v) is 11.0.